The Morgan fingerprint density at radius 1 is 1.38 bits per heavy atom. The molecule has 0 saturated heterocycles. The molecule has 0 spiro atoms. The molecule has 1 amide bonds. The first-order valence-corrected chi connectivity index (χ1v) is 4.88. The van der Waals surface area contributed by atoms with Crippen molar-refractivity contribution in [3.63, 3.8) is 0 Å². The first kappa shape index (κ1) is 10.4. The van der Waals surface area contributed by atoms with E-state index in [0.29, 0.717) is 5.82 Å². The number of nitrogens with one attached hydrogen (secondary N) is 1. The number of amides is 1. The monoisotopic (exact) mass is 216 g/mol. The van der Waals surface area contributed by atoms with Gasteiger partial charge in [0.15, 0.2) is 5.82 Å². The van der Waals surface area contributed by atoms with Gasteiger partial charge in [-0.05, 0) is 19.1 Å². The van der Waals surface area contributed by atoms with Gasteiger partial charge in [0.25, 0.3) is 5.91 Å². The van der Waals surface area contributed by atoms with Crippen molar-refractivity contribution in [3.8, 4) is 0 Å². The van der Waals surface area contributed by atoms with Crippen molar-refractivity contribution < 1.29 is 4.79 Å². The Labute approximate surface area is 93.2 Å². The van der Waals surface area contributed by atoms with Crippen LogP contribution >= 0.6 is 0 Å². The summed E-state index contributed by atoms with van der Waals surface area (Å²) < 4.78 is 1.67. The standard InChI is InChI=1S/C11H12N4O/c1-8-7-9(3-4-12-8)14-11(16)10-13-5-6-15(10)2/h3-7H,1-2H3,(H,12,14,16). The highest BCUT2D eigenvalue weighted by Crippen LogP contribution is 2.08. The number of aromatic nitrogens is 3. The van der Waals surface area contributed by atoms with Crippen LogP contribution in [0.15, 0.2) is 30.7 Å². The van der Waals surface area contributed by atoms with Crippen molar-refractivity contribution in [2.45, 2.75) is 6.92 Å². The fraction of sp³-hybridized carbons (Fsp3) is 0.182. The van der Waals surface area contributed by atoms with E-state index in [-0.39, 0.29) is 5.91 Å². The van der Waals surface area contributed by atoms with Crippen LogP contribution in [0.4, 0.5) is 5.69 Å². The van der Waals surface area contributed by atoms with Crippen LogP contribution in [0.2, 0.25) is 0 Å². The summed E-state index contributed by atoms with van der Waals surface area (Å²) in [6, 6.07) is 3.55. The summed E-state index contributed by atoms with van der Waals surface area (Å²) in [5.41, 5.74) is 1.58. The molecule has 0 aliphatic rings. The second kappa shape index (κ2) is 4.14. The van der Waals surface area contributed by atoms with Crippen molar-refractivity contribution in [1.29, 1.82) is 0 Å². The van der Waals surface area contributed by atoms with Crippen molar-refractivity contribution >= 4 is 11.6 Å². The number of hydrogen-bond acceptors (Lipinski definition) is 3. The van der Waals surface area contributed by atoms with Crippen LogP contribution in [0, 0.1) is 6.92 Å². The van der Waals surface area contributed by atoms with E-state index >= 15 is 0 Å². The summed E-state index contributed by atoms with van der Waals surface area (Å²) in [6.07, 6.45) is 4.97. The summed E-state index contributed by atoms with van der Waals surface area (Å²) >= 11 is 0. The molecule has 0 bridgehead atoms. The fourth-order valence-electron chi connectivity index (χ4n) is 1.39. The Morgan fingerprint density at radius 2 is 2.19 bits per heavy atom. The predicted octanol–water partition coefficient (Wildman–Crippen LogP) is 1.38. The van der Waals surface area contributed by atoms with Gasteiger partial charge in [-0.3, -0.25) is 9.78 Å². The second-order valence-electron chi connectivity index (χ2n) is 3.50. The minimum atomic E-state index is -0.224. The number of nitrogens with zero attached hydrogens (tertiary/aromatic N) is 3. The molecule has 2 aromatic heterocycles. The molecular weight excluding hydrogens is 204 g/mol. The van der Waals surface area contributed by atoms with Gasteiger partial charge in [0, 0.05) is 37.0 Å². The molecule has 0 fully saturated rings. The van der Waals surface area contributed by atoms with Crippen LogP contribution in [0.1, 0.15) is 16.3 Å². The Balaban J connectivity index is 2.17. The van der Waals surface area contributed by atoms with Crippen LogP contribution in [0.25, 0.3) is 0 Å². The van der Waals surface area contributed by atoms with E-state index in [2.05, 4.69) is 15.3 Å². The average molecular weight is 216 g/mol. The highest BCUT2D eigenvalue weighted by Gasteiger charge is 2.10. The lowest BCUT2D eigenvalue weighted by Gasteiger charge is -2.05. The van der Waals surface area contributed by atoms with Gasteiger partial charge in [0.1, 0.15) is 0 Å². The quantitative estimate of drug-likeness (QED) is 0.824. The minimum absolute atomic E-state index is 0.224. The number of hydrogen-bond donors (Lipinski definition) is 1. The molecule has 0 aliphatic heterocycles. The maximum atomic E-state index is 11.8. The van der Waals surface area contributed by atoms with E-state index in [1.165, 1.54) is 0 Å². The highest BCUT2D eigenvalue weighted by molar-refractivity contribution is 6.01. The molecule has 5 nitrogen and oxygen atoms in total. The van der Waals surface area contributed by atoms with E-state index in [0.717, 1.165) is 11.4 Å². The maximum absolute atomic E-state index is 11.8. The van der Waals surface area contributed by atoms with Crippen LogP contribution in [-0.2, 0) is 7.05 Å². The topological polar surface area (TPSA) is 59.8 Å². The normalized spacial score (nSPS) is 10.1. The van der Waals surface area contributed by atoms with Gasteiger partial charge in [0.05, 0.1) is 0 Å². The van der Waals surface area contributed by atoms with E-state index in [1.54, 1.807) is 42.3 Å². The Hall–Kier alpha value is -2.17. The third-order valence-electron chi connectivity index (χ3n) is 2.18. The van der Waals surface area contributed by atoms with E-state index < -0.39 is 0 Å². The molecular formula is C11H12N4O. The van der Waals surface area contributed by atoms with E-state index in [9.17, 15) is 4.79 Å². The lowest BCUT2D eigenvalue weighted by molar-refractivity contribution is 0.101. The van der Waals surface area contributed by atoms with E-state index in [1.807, 2.05) is 6.92 Å². The molecule has 0 radical (unpaired) electrons. The smallest absolute Gasteiger partial charge is 0.291 e. The zero-order valence-electron chi connectivity index (χ0n) is 9.14. The van der Waals surface area contributed by atoms with Gasteiger partial charge in [-0.2, -0.15) is 0 Å². The zero-order valence-corrected chi connectivity index (χ0v) is 9.14. The van der Waals surface area contributed by atoms with Gasteiger partial charge in [0.2, 0.25) is 0 Å². The molecule has 2 rings (SSSR count). The Kier molecular flexibility index (Phi) is 2.68. The number of imidazole rings is 1. The highest BCUT2D eigenvalue weighted by atomic mass is 16.2. The Bertz CT molecular complexity index is 518. The number of carbonyl (C=O) groups is 1. The third-order valence-corrected chi connectivity index (χ3v) is 2.18. The molecule has 0 unspecified atom stereocenters. The van der Waals surface area contributed by atoms with Gasteiger partial charge in [-0.1, -0.05) is 0 Å². The summed E-state index contributed by atoms with van der Waals surface area (Å²) in [7, 11) is 1.78. The van der Waals surface area contributed by atoms with Crippen LogP contribution in [0.5, 0.6) is 0 Å². The lowest BCUT2D eigenvalue weighted by Crippen LogP contribution is -2.16. The maximum Gasteiger partial charge on any atom is 0.291 e. The van der Waals surface area contributed by atoms with Crippen LogP contribution < -0.4 is 5.32 Å². The van der Waals surface area contributed by atoms with Gasteiger partial charge in [-0.25, -0.2) is 4.98 Å². The largest absolute Gasteiger partial charge is 0.330 e. The predicted molar refractivity (Wildman–Crippen MR) is 60.1 cm³/mol. The van der Waals surface area contributed by atoms with Crippen LogP contribution in [-0.4, -0.2) is 20.4 Å². The molecule has 0 saturated carbocycles. The van der Waals surface area contributed by atoms with E-state index in [4.69, 9.17) is 0 Å². The number of rotatable bonds is 2. The van der Waals surface area contributed by atoms with Crippen molar-refractivity contribution in [1.82, 2.24) is 14.5 Å². The van der Waals surface area contributed by atoms with Gasteiger partial charge < -0.3 is 9.88 Å². The summed E-state index contributed by atoms with van der Waals surface area (Å²) in [4.78, 5) is 19.8. The number of anilines is 1. The van der Waals surface area contributed by atoms with Crippen molar-refractivity contribution in [3.05, 3.63) is 42.2 Å². The number of aryl methyl sites for hydroxylation is 2. The molecule has 1 N–H and O–H groups in total. The van der Waals surface area contributed by atoms with Gasteiger partial charge >= 0.3 is 0 Å². The van der Waals surface area contributed by atoms with Gasteiger partial charge in [-0.15, -0.1) is 0 Å². The zero-order chi connectivity index (χ0) is 11.5. The van der Waals surface area contributed by atoms with Crippen molar-refractivity contribution in [2.75, 3.05) is 5.32 Å². The molecule has 0 aliphatic carbocycles. The summed E-state index contributed by atoms with van der Waals surface area (Å²) in [5, 5.41) is 2.76. The Morgan fingerprint density at radius 3 is 2.81 bits per heavy atom. The molecule has 82 valence electrons. The fourth-order valence-corrected chi connectivity index (χ4v) is 1.39. The molecule has 2 aromatic rings. The molecule has 5 heteroatoms. The second-order valence-corrected chi connectivity index (χ2v) is 3.50. The summed E-state index contributed by atoms with van der Waals surface area (Å²) in [6.45, 7) is 1.87. The summed E-state index contributed by atoms with van der Waals surface area (Å²) in [5.74, 6) is 0.160. The van der Waals surface area contributed by atoms with Crippen LogP contribution in [0.3, 0.4) is 0 Å². The number of carbonyl (C=O) groups excluding carboxylic acids is 1. The molecule has 0 aromatic carbocycles. The molecule has 16 heavy (non-hydrogen) atoms. The molecule has 2 heterocycles. The first-order valence-electron chi connectivity index (χ1n) is 4.88. The SMILES string of the molecule is Cc1cc(NC(=O)c2nccn2C)ccn1. The lowest BCUT2D eigenvalue weighted by atomic mass is 10.3. The average Bonchev–Trinajstić information content (AvgIpc) is 2.64. The molecule has 0 atom stereocenters. The number of pyridine rings is 1. The minimum Gasteiger partial charge on any atom is -0.330 e. The first-order chi connectivity index (χ1) is 7.66. The van der Waals surface area contributed by atoms with Crippen molar-refractivity contribution in [2.24, 2.45) is 7.05 Å². The third kappa shape index (κ3) is 2.08.